The zero-order valence-corrected chi connectivity index (χ0v) is 11.7. The van der Waals surface area contributed by atoms with Crippen molar-refractivity contribution < 1.29 is 12.9 Å². The predicted octanol–water partition coefficient (Wildman–Crippen LogP) is 2.43. The molecule has 0 spiro atoms. The van der Waals surface area contributed by atoms with Crippen molar-refractivity contribution in [2.24, 2.45) is 5.73 Å². The first-order valence-corrected chi connectivity index (χ1v) is 9.19. The van der Waals surface area contributed by atoms with Gasteiger partial charge in [-0.1, -0.05) is 37.7 Å². The standard InChI is InChI=1S/C12H16BF3NSi/c1-18(2,3)5-4-10-6-11(9-17)8-12(7-10)13(14,15)16/h6-8H,9,17H2,1-3H3/q-1. The van der Waals surface area contributed by atoms with E-state index in [0.29, 0.717) is 11.1 Å². The van der Waals surface area contributed by atoms with Crippen LogP contribution in [0.2, 0.25) is 19.6 Å². The molecule has 0 fully saturated rings. The molecular weight excluding hydrogens is 254 g/mol. The van der Waals surface area contributed by atoms with Gasteiger partial charge in [0.15, 0.2) is 0 Å². The second-order valence-electron chi connectivity index (χ2n) is 5.24. The molecule has 0 aliphatic carbocycles. The van der Waals surface area contributed by atoms with Crippen molar-refractivity contribution >= 4 is 20.5 Å². The zero-order valence-electron chi connectivity index (χ0n) is 10.7. The molecule has 0 unspecified atom stereocenters. The normalized spacial score (nSPS) is 11.9. The van der Waals surface area contributed by atoms with E-state index in [1.165, 1.54) is 0 Å². The number of hydrogen-bond donors (Lipinski definition) is 1. The highest BCUT2D eigenvalue weighted by Gasteiger charge is 2.26. The van der Waals surface area contributed by atoms with Crippen LogP contribution < -0.4 is 11.2 Å². The van der Waals surface area contributed by atoms with Crippen LogP contribution in [0.3, 0.4) is 0 Å². The molecule has 0 atom stereocenters. The summed E-state index contributed by atoms with van der Waals surface area (Å²) in [6, 6.07) is 3.82. The first-order chi connectivity index (χ1) is 8.12. The van der Waals surface area contributed by atoms with Crippen LogP contribution in [-0.2, 0) is 6.54 Å². The maximum Gasteiger partial charge on any atom is 0.509 e. The van der Waals surface area contributed by atoms with E-state index in [1.54, 1.807) is 6.07 Å². The minimum absolute atomic E-state index is 0.0849. The molecule has 0 heterocycles. The molecule has 0 aliphatic heterocycles. The third-order valence-corrected chi connectivity index (χ3v) is 3.09. The number of rotatable bonds is 2. The Balaban J connectivity index is 3.24. The Bertz CT molecular complexity index is 495. The van der Waals surface area contributed by atoms with Crippen LogP contribution in [-0.4, -0.2) is 15.1 Å². The molecule has 1 rings (SSSR count). The molecule has 0 bridgehead atoms. The van der Waals surface area contributed by atoms with Crippen molar-refractivity contribution in [2.75, 3.05) is 0 Å². The van der Waals surface area contributed by atoms with Gasteiger partial charge in [-0.15, -0.1) is 11.0 Å². The maximum atomic E-state index is 12.7. The van der Waals surface area contributed by atoms with Gasteiger partial charge in [0.25, 0.3) is 0 Å². The van der Waals surface area contributed by atoms with Crippen LogP contribution in [0.15, 0.2) is 18.2 Å². The molecule has 1 aromatic rings. The highest BCUT2D eigenvalue weighted by Crippen LogP contribution is 2.12. The zero-order chi connectivity index (χ0) is 14.0. The molecular formula is C12H16BF3NSi-. The van der Waals surface area contributed by atoms with Gasteiger partial charge in [0.2, 0.25) is 0 Å². The summed E-state index contributed by atoms with van der Waals surface area (Å²) < 4.78 is 38.2. The van der Waals surface area contributed by atoms with Crippen LogP contribution in [0.25, 0.3) is 0 Å². The Kier molecular flexibility index (Phi) is 4.30. The largest absolute Gasteiger partial charge is 0.509 e. The fourth-order valence-electron chi connectivity index (χ4n) is 1.36. The van der Waals surface area contributed by atoms with Crippen molar-refractivity contribution in [1.82, 2.24) is 0 Å². The van der Waals surface area contributed by atoms with Crippen molar-refractivity contribution in [1.29, 1.82) is 0 Å². The summed E-state index contributed by atoms with van der Waals surface area (Å²) in [5, 5.41) is 0. The van der Waals surface area contributed by atoms with E-state index in [4.69, 9.17) is 5.73 Å². The van der Waals surface area contributed by atoms with Crippen molar-refractivity contribution in [2.45, 2.75) is 26.2 Å². The van der Waals surface area contributed by atoms with Crippen LogP contribution in [0, 0.1) is 11.5 Å². The number of halogens is 3. The van der Waals surface area contributed by atoms with Gasteiger partial charge in [-0.2, -0.15) is 0 Å². The second kappa shape index (κ2) is 5.21. The minimum atomic E-state index is -5.01. The molecule has 18 heavy (non-hydrogen) atoms. The first-order valence-electron chi connectivity index (χ1n) is 5.69. The second-order valence-corrected chi connectivity index (χ2v) is 9.99. The number of hydrogen-bond acceptors (Lipinski definition) is 1. The van der Waals surface area contributed by atoms with Gasteiger partial charge in [0.1, 0.15) is 8.07 Å². The summed E-state index contributed by atoms with van der Waals surface area (Å²) in [5.74, 6) is 2.84. The smallest absolute Gasteiger partial charge is 0.445 e. The summed E-state index contributed by atoms with van der Waals surface area (Å²) in [7, 11) is -1.60. The molecule has 0 saturated carbocycles. The van der Waals surface area contributed by atoms with Gasteiger partial charge in [0, 0.05) is 12.1 Å². The maximum absolute atomic E-state index is 12.7. The average Bonchev–Trinajstić information content (AvgIpc) is 2.24. The lowest BCUT2D eigenvalue weighted by atomic mass is 9.78. The Hall–Kier alpha value is -1.19. The Morgan fingerprint density at radius 2 is 1.78 bits per heavy atom. The first kappa shape index (κ1) is 14.9. The molecule has 0 amide bonds. The lowest BCUT2D eigenvalue weighted by Gasteiger charge is -2.16. The van der Waals surface area contributed by atoms with E-state index in [9.17, 15) is 12.9 Å². The molecule has 6 heteroatoms. The molecule has 1 nitrogen and oxygen atoms in total. The van der Waals surface area contributed by atoms with Crippen molar-refractivity contribution in [3.63, 3.8) is 0 Å². The fourth-order valence-corrected chi connectivity index (χ4v) is 1.88. The molecule has 98 valence electrons. The van der Waals surface area contributed by atoms with Gasteiger partial charge in [-0.25, -0.2) is 0 Å². The van der Waals surface area contributed by atoms with Gasteiger partial charge < -0.3 is 18.7 Å². The number of benzene rings is 1. The van der Waals surface area contributed by atoms with Crippen molar-refractivity contribution in [3.8, 4) is 11.5 Å². The summed E-state index contributed by atoms with van der Waals surface area (Å²) >= 11 is 0. The molecule has 2 N–H and O–H groups in total. The Labute approximate surface area is 107 Å². The van der Waals surface area contributed by atoms with E-state index >= 15 is 0 Å². The monoisotopic (exact) mass is 270 g/mol. The Morgan fingerprint density at radius 3 is 2.22 bits per heavy atom. The highest BCUT2D eigenvalue weighted by atomic mass is 28.3. The van der Waals surface area contributed by atoms with Crippen LogP contribution >= 0.6 is 0 Å². The molecule has 1 aromatic carbocycles. The van der Waals surface area contributed by atoms with Gasteiger partial charge in [0.05, 0.1) is 0 Å². The summed E-state index contributed by atoms with van der Waals surface area (Å²) in [4.78, 5) is 0. The third-order valence-electron chi connectivity index (χ3n) is 2.21. The Morgan fingerprint density at radius 1 is 1.17 bits per heavy atom. The van der Waals surface area contributed by atoms with Crippen molar-refractivity contribution in [3.05, 3.63) is 29.3 Å². The molecule has 0 aliphatic rings. The molecule has 0 radical (unpaired) electrons. The SMILES string of the molecule is C[Si](C)(C)C#Cc1cc(CN)cc([B-](F)(F)F)c1. The summed E-state index contributed by atoms with van der Waals surface area (Å²) in [6.07, 6.45) is 0. The van der Waals surface area contributed by atoms with E-state index in [-0.39, 0.29) is 6.54 Å². The average molecular weight is 270 g/mol. The van der Waals surface area contributed by atoms with Crippen LogP contribution in [0.5, 0.6) is 0 Å². The van der Waals surface area contributed by atoms with Gasteiger partial charge in [-0.05, 0) is 11.6 Å². The van der Waals surface area contributed by atoms with E-state index in [2.05, 4.69) is 11.5 Å². The van der Waals surface area contributed by atoms with Crippen LogP contribution in [0.1, 0.15) is 11.1 Å². The lowest BCUT2D eigenvalue weighted by molar-refractivity contribution is 0.501. The summed E-state index contributed by atoms with van der Waals surface area (Å²) in [6.45, 7) is 1.21. The molecule has 0 saturated heterocycles. The fraction of sp³-hybridized carbons (Fsp3) is 0.333. The van der Waals surface area contributed by atoms with E-state index in [1.807, 2.05) is 19.6 Å². The third kappa shape index (κ3) is 4.59. The van der Waals surface area contributed by atoms with Gasteiger partial charge in [-0.3, -0.25) is 0 Å². The topological polar surface area (TPSA) is 26.0 Å². The van der Waals surface area contributed by atoms with Crippen LogP contribution in [0.4, 0.5) is 12.9 Å². The van der Waals surface area contributed by atoms with E-state index in [0.717, 1.165) is 12.1 Å². The quantitative estimate of drug-likeness (QED) is 0.648. The predicted molar refractivity (Wildman–Crippen MR) is 73.3 cm³/mol. The number of nitrogens with two attached hydrogens (primary N) is 1. The molecule has 0 aromatic heterocycles. The lowest BCUT2D eigenvalue weighted by Crippen LogP contribution is -2.34. The minimum Gasteiger partial charge on any atom is -0.445 e. The summed E-state index contributed by atoms with van der Waals surface area (Å²) in [5.41, 5.74) is 8.70. The van der Waals surface area contributed by atoms with E-state index < -0.39 is 20.5 Å². The van der Waals surface area contributed by atoms with Gasteiger partial charge >= 0.3 is 6.98 Å². The highest BCUT2D eigenvalue weighted by molar-refractivity contribution is 6.83.